The van der Waals surface area contributed by atoms with Gasteiger partial charge in [0.15, 0.2) is 0 Å². The van der Waals surface area contributed by atoms with Crippen LogP contribution in [0.1, 0.15) is 66.6 Å². The molecule has 8 heteroatoms. The quantitative estimate of drug-likeness (QED) is 0.767. The SMILES string of the molecule is COc1nc2c(cc1CNC(=O)CC1CCC(=O)N1)C(=O)N(C1CCCC1)C2. The fourth-order valence-corrected chi connectivity index (χ4v) is 4.40. The first-order valence-electron chi connectivity index (χ1n) is 9.99. The average molecular weight is 386 g/mol. The summed E-state index contributed by atoms with van der Waals surface area (Å²) in [6.45, 7) is 0.767. The molecule has 4 rings (SSSR count). The molecule has 3 aliphatic rings. The fraction of sp³-hybridized carbons (Fsp3) is 0.600. The summed E-state index contributed by atoms with van der Waals surface area (Å²) in [5.74, 6) is 0.314. The lowest BCUT2D eigenvalue weighted by molar-refractivity contribution is -0.121. The molecule has 3 heterocycles. The highest BCUT2D eigenvalue weighted by Crippen LogP contribution is 2.33. The van der Waals surface area contributed by atoms with E-state index in [4.69, 9.17) is 4.74 Å². The predicted octanol–water partition coefficient (Wildman–Crippen LogP) is 1.27. The lowest BCUT2D eigenvalue weighted by Gasteiger charge is -2.22. The second-order valence-corrected chi connectivity index (χ2v) is 7.81. The Kier molecular flexibility index (Phi) is 5.19. The number of ether oxygens (including phenoxy) is 1. The third kappa shape index (κ3) is 3.68. The molecule has 1 saturated heterocycles. The van der Waals surface area contributed by atoms with E-state index in [1.165, 1.54) is 12.8 Å². The molecule has 2 N–H and O–H groups in total. The number of aromatic nitrogens is 1. The molecular weight excluding hydrogens is 360 g/mol. The first-order valence-corrected chi connectivity index (χ1v) is 9.99. The van der Waals surface area contributed by atoms with E-state index < -0.39 is 0 Å². The molecule has 0 spiro atoms. The van der Waals surface area contributed by atoms with Crippen LogP contribution in [0.3, 0.4) is 0 Å². The second-order valence-electron chi connectivity index (χ2n) is 7.81. The number of nitrogens with one attached hydrogen (secondary N) is 2. The Balaban J connectivity index is 1.43. The van der Waals surface area contributed by atoms with Crippen molar-refractivity contribution in [2.24, 2.45) is 0 Å². The predicted molar refractivity (Wildman–Crippen MR) is 101 cm³/mol. The van der Waals surface area contributed by atoms with Crippen LogP contribution in [-0.4, -0.2) is 46.8 Å². The molecule has 8 nitrogen and oxygen atoms in total. The van der Waals surface area contributed by atoms with E-state index in [1.54, 1.807) is 13.2 Å². The maximum atomic E-state index is 12.9. The van der Waals surface area contributed by atoms with E-state index >= 15 is 0 Å². The molecular formula is C20H26N4O4. The largest absolute Gasteiger partial charge is 0.481 e. The van der Waals surface area contributed by atoms with Crippen LogP contribution in [0.2, 0.25) is 0 Å². The van der Waals surface area contributed by atoms with Crippen LogP contribution >= 0.6 is 0 Å². The van der Waals surface area contributed by atoms with Crippen LogP contribution in [-0.2, 0) is 22.7 Å². The van der Waals surface area contributed by atoms with Gasteiger partial charge in [0.25, 0.3) is 5.91 Å². The molecule has 1 saturated carbocycles. The summed E-state index contributed by atoms with van der Waals surface area (Å²) in [7, 11) is 1.54. The van der Waals surface area contributed by atoms with Crippen molar-refractivity contribution in [1.82, 2.24) is 20.5 Å². The normalized spacial score (nSPS) is 21.8. The maximum absolute atomic E-state index is 12.9. The number of rotatable bonds is 6. The smallest absolute Gasteiger partial charge is 0.256 e. The van der Waals surface area contributed by atoms with E-state index in [2.05, 4.69) is 15.6 Å². The van der Waals surface area contributed by atoms with Gasteiger partial charge >= 0.3 is 0 Å². The lowest BCUT2D eigenvalue weighted by Crippen LogP contribution is -2.33. The number of pyridine rings is 1. The number of nitrogens with zero attached hydrogens (tertiary/aromatic N) is 2. The zero-order valence-electron chi connectivity index (χ0n) is 16.1. The standard InChI is InChI=1S/C20H26N4O4/c1-28-19-12(10-21-18(26)9-13-6-7-17(25)22-13)8-15-16(23-19)11-24(20(15)27)14-4-2-3-5-14/h8,13-14H,2-7,9-11H2,1H3,(H,21,26)(H,22,25). The Labute approximate surface area is 164 Å². The second kappa shape index (κ2) is 7.77. The molecule has 1 atom stereocenters. The highest BCUT2D eigenvalue weighted by Gasteiger charge is 2.36. The van der Waals surface area contributed by atoms with Crippen molar-refractivity contribution in [1.29, 1.82) is 0 Å². The average Bonchev–Trinajstić information content (AvgIpc) is 3.41. The molecule has 1 aromatic heterocycles. The van der Waals surface area contributed by atoms with Crippen molar-refractivity contribution in [3.63, 3.8) is 0 Å². The van der Waals surface area contributed by atoms with Crippen molar-refractivity contribution in [2.75, 3.05) is 7.11 Å². The zero-order chi connectivity index (χ0) is 19.7. The van der Waals surface area contributed by atoms with Crippen LogP contribution in [0.25, 0.3) is 0 Å². The first kappa shape index (κ1) is 18.7. The molecule has 1 aliphatic carbocycles. The molecule has 1 aromatic rings. The maximum Gasteiger partial charge on any atom is 0.256 e. The lowest BCUT2D eigenvalue weighted by atomic mass is 10.1. The number of amides is 3. The van der Waals surface area contributed by atoms with E-state index in [9.17, 15) is 14.4 Å². The Morgan fingerprint density at radius 3 is 2.79 bits per heavy atom. The number of hydrogen-bond donors (Lipinski definition) is 2. The summed E-state index contributed by atoms with van der Waals surface area (Å²) < 4.78 is 5.40. The van der Waals surface area contributed by atoms with E-state index in [0.717, 1.165) is 18.5 Å². The van der Waals surface area contributed by atoms with Gasteiger partial charge in [-0.05, 0) is 25.3 Å². The van der Waals surface area contributed by atoms with Gasteiger partial charge in [0.2, 0.25) is 17.7 Å². The monoisotopic (exact) mass is 386 g/mol. The molecule has 2 fully saturated rings. The number of hydrogen-bond acceptors (Lipinski definition) is 5. The molecule has 0 bridgehead atoms. The minimum absolute atomic E-state index is 0.00683. The van der Waals surface area contributed by atoms with Crippen molar-refractivity contribution in [3.05, 3.63) is 22.9 Å². The summed E-state index contributed by atoms with van der Waals surface area (Å²) in [5, 5.41) is 5.64. The van der Waals surface area contributed by atoms with Crippen molar-refractivity contribution < 1.29 is 19.1 Å². The van der Waals surface area contributed by atoms with Gasteiger partial charge < -0.3 is 20.3 Å². The Morgan fingerprint density at radius 1 is 1.32 bits per heavy atom. The molecule has 3 amide bonds. The van der Waals surface area contributed by atoms with Gasteiger partial charge in [-0.1, -0.05) is 12.8 Å². The molecule has 1 unspecified atom stereocenters. The van der Waals surface area contributed by atoms with E-state index in [1.807, 2.05) is 4.90 Å². The van der Waals surface area contributed by atoms with Crippen molar-refractivity contribution >= 4 is 17.7 Å². The highest BCUT2D eigenvalue weighted by molar-refractivity contribution is 5.98. The Hall–Kier alpha value is -2.64. The molecule has 2 aliphatic heterocycles. The van der Waals surface area contributed by atoms with Gasteiger partial charge in [-0.3, -0.25) is 14.4 Å². The van der Waals surface area contributed by atoms with E-state index in [-0.39, 0.29) is 36.7 Å². The number of carbonyl (C=O) groups is 3. The minimum atomic E-state index is -0.145. The first-order chi connectivity index (χ1) is 13.5. The summed E-state index contributed by atoms with van der Waals surface area (Å²) in [6.07, 6.45) is 5.85. The molecule has 0 aromatic carbocycles. The van der Waals surface area contributed by atoms with Crippen LogP contribution in [0.5, 0.6) is 5.88 Å². The molecule has 28 heavy (non-hydrogen) atoms. The van der Waals surface area contributed by atoms with Crippen LogP contribution in [0.4, 0.5) is 0 Å². The van der Waals surface area contributed by atoms with Crippen LogP contribution in [0, 0.1) is 0 Å². The van der Waals surface area contributed by atoms with E-state index in [0.29, 0.717) is 42.4 Å². The summed E-state index contributed by atoms with van der Waals surface area (Å²) in [6, 6.07) is 2.00. The fourth-order valence-electron chi connectivity index (χ4n) is 4.40. The Morgan fingerprint density at radius 2 is 2.11 bits per heavy atom. The van der Waals surface area contributed by atoms with Crippen molar-refractivity contribution in [2.45, 2.75) is 70.1 Å². The molecule has 0 radical (unpaired) electrons. The van der Waals surface area contributed by atoms with Crippen molar-refractivity contribution in [3.8, 4) is 5.88 Å². The summed E-state index contributed by atoms with van der Waals surface area (Å²) in [5.41, 5.74) is 2.05. The Bertz CT molecular complexity index is 804. The van der Waals surface area contributed by atoms with Crippen LogP contribution in [0.15, 0.2) is 6.07 Å². The van der Waals surface area contributed by atoms with Gasteiger partial charge in [-0.15, -0.1) is 0 Å². The minimum Gasteiger partial charge on any atom is -0.481 e. The third-order valence-electron chi connectivity index (χ3n) is 5.90. The van der Waals surface area contributed by atoms with Crippen LogP contribution < -0.4 is 15.4 Å². The van der Waals surface area contributed by atoms with Gasteiger partial charge in [0.1, 0.15) is 0 Å². The zero-order valence-corrected chi connectivity index (χ0v) is 16.1. The number of carbonyl (C=O) groups excluding carboxylic acids is 3. The number of methoxy groups -OCH3 is 1. The molecule has 150 valence electrons. The number of fused-ring (bicyclic) bond motifs is 1. The summed E-state index contributed by atoms with van der Waals surface area (Å²) >= 11 is 0. The third-order valence-corrected chi connectivity index (χ3v) is 5.90. The summed E-state index contributed by atoms with van der Waals surface area (Å²) in [4.78, 5) is 42.8. The van der Waals surface area contributed by atoms with Gasteiger partial charge in [-0.25, -0.2) is 4.98 Å². The van der Waals surface area contributed by atoms with Gasteiger partial charge in [0, 0.05) is 37.0 Å². The van der Waals surface area contributed by atoms with Gasteiger partial charge in [-0.2, -0.15) is 0 Å². The highest BCUT2D eigenvalue weighted by atomic mass is 16.5. The van der Waals surface area contributed by atoms with Gasteiger partial charge in [0.05, 0.1) is 24.9 Å². The topological polar surface area (TPSA) is 101 Å².